The molecule has 0 aliphatic rings. The highest BCUT2D eigenvalue weighted by Gasteiger charge is 2.06. The number of anilines is 2. The van der Waals surface area contributed by atoms with E-state index in [-0.39, 0.29) is 0 Å². The second kappa shape index (κ2) is 5.78. The molecule has 0 aliphatic heterocycles. The molecule has 96 valence electrons. The first-order chi connectivity index (χ1) is 8.72. The number of nitrogens with two attached hydrogens (primary N) is 1. The first-order valence-electron chi connectivity index (χ1n) is 6.00. The Kier molecular flexibility index (Phi) is 4.10. The Morgan fingerprint density at radius 3 is 2.83 bits per heavy atom. The average Bonchev–Trinajstić information content (AvgIpc) is 2.76. The molecule has 0 amide bonds. The molecule has 2 aromatic rings. The highest BCUT2D eigenvalue weighted by atomic mass is 32.1. The summed E-state index contributed by atoms with van der Waals surface area (Å²) in [5.74, 6) is 0.741. The molecule has 3 nitrogen and oxygen atoms in total. The number of hydrogen-bond donors (Lipinski definition) is 2. The molecule has 1 aromatic carbocycles. The summed E-state index contributed by atoms with van der Waals surface area (Å²) in [5.41, 5.74) is 8.97. The normalized spacial score (nSPS) is 10.3. The summed E-state index contributed by atoms with van der Waals surface area (Å²) in [7, 11) is 0. The van der Waals surface area contributed by atoms with E-state index in [4.69, 9.17) is 10.5 Å². The average molecular weight is 262 g/mol. The molecule has 0 aliphatic carbocycles. The second-order valence-electron chi connectivity index (χ2n) is 4.03. The Morgan fingerprint density at radius 1 is 1.33 bits per heavy atom. The van der Waals surface area contributed by atoms with Crippen LogP contribution in [0.4, 0.5) is 11.4 Å². The molecule has 0 fully saturated rings. The summed E-state index contributed by atoms with van der Waals surface area (Å²) >= 11 is 1.75. The number of nitrogen functional groups attached to an aromatic ring is 1. The number of nitrogens with one attached hydrogen (secondary N) is 1. The van der Waals surface area contributed by atoms with Crippen molar-refractivity contribution in [1.29, 1.82) is 0 Å². The van der Waals surface area contributed by atoms with E-state index in [1.807, 2.05) is 25.1 Å². The van der Waals surface area contributed by atoms with Crippen molar-refractivity contribution in [2.75, 3.05) is 17.7 Å². The lowest BCUT2D eigenvalue weighted by atomic mass is 10.2. The van der Waals surface area contributed by atoms with E-state index in [1.54, 1.807) is 11.3 Å². The molecule has 0 atom stereocenters. The maximum absolute atomic E-state index is 6.06. The lowest BCUT2D eigenvalue weighted by molar-refractivity contribution is 0.342. The molecule has 2 rings (SSSR count). The first kappa shape index (κ1) is 12.8. The van der Waals surface area contributed by atoms with Crippen LogP contribution in [0.1, 0.15) is 17.4 Å². The molecule has 0 saturated heterocycles. The molecule has 1 aromatic heterocycles. The van der Waals surface area contributed by atoms with Crippen molar-refractivity contribution in [3.8, 4) is 5.75 Å². The van der Waals surface area contributed by atoms with E-state index in [9.17, 15) is 0 Å². The van der Waals surface area contributed by atoms with Crippen molar-refractivity contribution < 1.29 is 4.74 Å². The first-order valence-corrected chi connectivity index (χ1v) is 6.88. The largest absolute Gasteiger partial charge is 0.492 e. The van der Waals surface area contributed by atoms with Crippen LogP contribution >= 0.6 is 11.3 Å². The zero-order valence-corrected chi connectivity index (χ0v) is 11.5. The third-order valence-electron chi connectivity index (χ3n) is 2.77. The summed E-state index contributed by atoms with van der Waals surface area (Å²) < 4.78 is 5.48. The number of hydrogen-bond acceptors (Lipinski definition) is 4. The molecule has 3 N–H and O–H groups in total. The van der Waals surface area contributed by atoms with Gasteiger partial charge in [0.25, 0.3) is 0 Å². The quantitative estimate of drug-likeness (QED) is 0.809. The van der Waals surface area contributed by atoms with Gasteiger partial charge in [0.15, 0.2) is 0 Å². The van der Waals surface area contributed by atoms with Crippen molar-refractivity contribution >= 4 is 22.7 Å². The Bertz CT molecular complexity index is 522. The number of aryl methyl sites for hydroxylation is 1. The Hall–Kier alpha value is -1.68. The zero-order chi connectivity index (χ0) is 13.0. The fraction of sp³-hybridized carbons (Fsp3) is 0.286. The van der Waals surface area contributed by atoms with Crippen LogP contribution in [0.25, 0.3) is 0 Å². The molecule has 0 saturated carbocycles. The van der Waals surface area contributed by atoms with Crippen LogP contribution in [0.2, 0.25) is 0 Å². The Balaban J connectivity index is 2.10. The Labute approximate surface area is 112 Å². The molecule has 4 heteroatoms. The van der Waals surface area contributed by atoms with Gasteiger partial charge >= 0.3 is 0 Å². The van der Waals surface area contributed by atoms with E-state index in [1.165, 1.54) is 10.4 Å². The van der Waals surface area contributed by atoms with Crippen LogP contribution in [-0.4, -0.2) is 6.61 Å². The van der Waals surface area contributed by atoms with Crippen LogP contribution in [0.15, 0.2) is 29.6 Å². The minimum absolute atomic E-state index is 0.623. The van der Waals surface area contributed by atoms with E-state index in [2.05, 4.69) is 23.7 Å². The third-order valence-corrected chi connectivity index (χ3v) is 3.80. The van der Waals surface area contributed by atoms with Gasteiger partial charge in [-0.3, -0.25) is 0 Å². The second-order valence-corrected chi connectivity index (χ2v) is 5.03. The fourth-order valence-corrected chi connectivity index (χ4v) is 2.59. The van der Waals surface area contributed by atoms with E-state index >= 15 is 0 Å². The molecule has 0 spiro atoms. The van der Waals surface area contributed by atoms with Crippen LogP contribution < -0.4 is 15.8 Å². The molecule has 1 heterocycles. The van der Waals surface area contributed by atoms with E-state index in [0.29, 0.717) is 12.3 Å². The van der Waals surface area contributed by atoms with Gasteiger partial charge in [-0.05, 0) is 43.0 Å². The van der Waals surface area contributed by atoms with Crippen LogP contribution in [0, 0.1) is 6.92 Å². The molecule has 0 bridgehead atoms. The van der Waals surface area contributed by atoms with Gasteiger partial charge in [0, 0.05) is 11.4 Å². The summed E-state index contributed by atoms with van der Waals surface area (Å²) in [6.07, 6.45) is 0. The van der Waals surface area contributed by atoms with Crippen LogP contribution in [0.3, 0.4) is 0 Å². The van der Waals surface area contributed by atoms with Crippen LogP contribution in [0.5, 0.6) is 5.75 Å². The zero-order valence-electron chi connectivity index (χ0n) is 10.7. The summed E-state index contributed by atoms with van der Waals surface area (Å²) in [4.78, 5) is 1.33. The molecule has 18 heavy (non-hydrogen) atoms. The van der Waals surface area contributed by atoms with Gasteiger partial charge < -0.3 is 15.8 Å². The summed E-state index contributed by atoms with van der Waals surface area (Å²) in [6, 6.07) is 7.94. The van der Waals surface area contributed by atoms with Crippen molar-refractivity contribution in [2.24, 2.45) is 0 Å². The predicted molar refractivity (Wildman–Crippen MR) is 78.4 cm³/mol. The standard InChI is InChI=1S/C14H18N2OS/c1-3-17-12-6-4-5-11(14(12)15)16-9-13-10(2)7-8-18-13/h4-8,16H,3,9,15H2,1-2H3. The van der Waals surface area contributed by atoms with Gasteiger partial charge in [-0.15, -0.1) is 11.3 Å². The van der Waals surface area contributed by atoms with E-state index in [0.717, 1.165) is 18.0 Å². The molecule has 0 unspecified atom stereocenters. The fourth-order valence-electron chi connectivity index (χ4n) is 1.74. The van der Waals surface area contributed by atoms with Gasteiger partial charge in [-0.1, -0.05) is 6.07 Å². The minimum Gasteiger partial charge on any atom is -0.492 e. The lowest BCUT2D eigenvalue weighted by Gasteiger charge is -2.12. The SMILES string of the molecule is CCOc1cccc(NCc2sccc2C)c1N. The highest BCUT2D eigenvalue weighted by Crippen LogP contribution is 2.30. The molecule has 0 radical (unpaired) electrons. The lowest BCUT2D eigenvalue weighted by Crippen LogP contribution is -2.04. The van der Waals surface area contributed by atoms with Gasteiger partial charge in [0.05, 0.1) is 18.0 Å². The van der Waals surface area contributed by atoms with Crippen molar-refractivity contribution in [1.82, 2.24) is 0 Å². The van der Waals surface area contributed by atoms with Crippen molar-refractivity contribution in [3.05, 3.63) is 40.1 Å². The van der Waals surface area contributed by atoms with Gasteiger partial charge in [0.1, 0.15) is 5.75 Å². The van der Waals surface area contributed by atoms with E-state index < -0.39 is 0 Å². The van der Waals surface area contributed by atoms with Crippen molar-refractivity contribution in [3.63, 3.8) is 0 Å². The van der Waals surface area contributed by atoms with Gasteiger partial charge in [-0.2, -0.15) is 0 Å². The smallest absolute Gasteiger partial charge is 0.144 e. The topological polar surface area (TPSA) is 47.3 Å². The Morgan fingerprint density at radius 2 is 2.17 bits per heavy atom. The maximum Gasteiger partial charge on any atom is 0.144 e. The molecular formula is C14H18N2OS. The number of ether oxygens (including phenoxy) is 1. The number of benzene rings is 1. The van der Waals surface area contributed by atoms with Crippen LogP contribution in [-0.2, 0) is 6.54 Å². The number of rotatable bonds is 5. The monoisotopic (exact) mass is 262 g/mol. The van der Waals surface area contributed by atoms with Crippen molar-refractivity contribution in [2.45, 2.75) is 20.4 Å². The summed E-state index contributed by atoms with van der Waals surface area (Å²) in [5, 5.41) is 5.46. The number of thiophene rings is 1. The maximum atomic E-state index is 6.06. The van der Waals surface area contributed by atoms with Gasteiger partial charge in [0.2, 0.25) is 0 Å². The summed E-state index contributed by atoms with van der Waals surface area (Å²) in [6.45, 7) is 5.49. The third kappa shape index (κ3) is 2.76. The minimum atomic E-state index is 0.623. The molecular weight excluding hydrogens is 244 g/mol. The predicted octanol–water partition coefficient (Wildman–Crippen LogP) is 3.65. The van der Waals surface area contributed by atoms with Gasteiger partial charge in [-0.25, -0.2) is 0 Å². The highest BCUT2D eigenvalue weighted by molar-refractivity contribution is 7.10. The number of para-hydroxylation sites is 1.